The second-order valence-corrected chi connectivity index (χ2v) is 5.51. The molecule has 0 aliphatic carbocycles. The largest absolute Gasteiger partial charge is 0.444 e. The lowest BCUT2D eigenvalue weighted by Gasteiger charge is -2.19. The van der Waals surface area contributed by atoms with Gasteiger partial charge in [0.05, 0.1) is 17.4 Å². The molecule has 0 bridgehead atoms. The highest BCUT2D eigenvalue weighted by Crippen LogP contribution is 2.18. The summed E-state index contributed by atoms with van der Waals surface area (Å²) >= 11 is 5.79. The third kappa shape index (κ3) is 5.91. The third-order valence-corrected chi connectivity index (χ3v) is 2.13. The number of carbonyl (C=O) groups excluding carboxylic acids is 1. The van der Waals surface area contributed by atoms with Crippen molar-refractivity contribution in [1.82, 2.24) is 4.98 Å². The van der Waals surface area contributed by atoms with E-state index in [1.54, 1.807) is 20.8 Å². The molecular formula is C14H17ClN2O3. The predicted octanol–water partition coefficient (Wildman–Crippen LogP) is 2.81. The number of pyridine rings is 1. The topological polar surface area (TPSA) is 71.5 Å². The van der Waals surface area contributed by atoms with E-state index in [0.717, 1.165) is 0 Å². The number of nitrogens with zero attached hydrogens (tertiary/aromatic N) is 1. The first kappa shape index (κ1) is 16.3. The second-order valence-electron chi connectivity index (χ2n) is 5.12. The average molecular weight is 297 g/mol. The van der Waals surface area contributed by atoms with Crippen molar-refractivity contribution in [3.63, 3.8) is 0 Å². The van der Waals surface area contributed by atoms with Gasteiger partial charge >= 0.3 is 6.09 Å². The first-order valence-electron chi connectivity index (χ1n) is 6.02. The van der Waals surface area contributed by atoms with Crippen LogP contribution in [-0.4, -0.2) is 27.9 Å². The summed E-state index contributed by atoms with van der Waals surface area (Å²) in [6, 6.07) is 1.50. The Bertz CT molecular complexity index is 554. The van der Waals surface area contributed by atoms with Crippen LogP contribution in [0.25, 0.3) is 0 Å². The molecule has 1 aromatic heterocycles. The standard InChI is InChI=1S/C14H17ClN2O3/c1-9(18)5-6-10-7-12(15)16-8-11(10)17-13(19)20-14(2,3)4/h7-9,18H,1-4H3,(H,17,19). The molecule has 0 radical (unpaired) electrons. The maximum atomic E-state index is 11.7. The van der Waals surface area contributed by atoms with E-state index in [0.29, 0.717) is 11.3 Å². The van der Waals surface area contributed by atoms with Crippen LogP contribution >= 0.6 is 11.6 Å². The minimum Gasteiger partial charge on any atom is -0.444 e. The van der Waals surface area contributed by atoms with Gasteiger partial charge in [-0.15, -0.1) is 0 Å². The molecule has 2 N–H and O–H groups in total. The van der Waals surface area contributed by atoms with Crippen LogP contribution in [0.3, 0.4) is 0 Å². The summed E-state index contributed by atoms with van der Waals surface area (Å²) in [5.41, 5.74) is 0.226. The van der Waals surface area contributed by atoms with E-state index in [1.807, 2.05) is 0 Å². The summed E-state index contributed by atoms with van der Waals surface area (Å²) in [5, 5.41) is 12.0. The summed E-state index contributed by atoms with van der Waals surface area (Å²) in [5.74, 6) is 5.30. The van der Waals surface area contributed by atoms with E-state index in [9.17, 15) is 9.90 Å². The molecule has 0 aromatic carbocycles. The zero-order chi connectivity index (χ0) is 15.3. The molecule has 1 heterocycles. The number of carbonyl (C=O) groups is 1. The van der Waals surface area contributed by atoms with Crippen LogP contribution in [0, 0.1) is 11.8 Å². The Hall–Kier alpha value is -1.77. The predicted molar refractivity (Wildman–Crippen MR) is 77.7 cm³/mol. The number of aliphatic hydroxyl groups excluding tert-OH is 1. The van der Waals surface area contributed by atoms with Crippen molar-refractivity contribution in [1.29, 1.82) is 0 Å². The van der Waals surface area contributed by atoms with Gasteiger partial charge in [0.25, 0.3) is 0 Å². The van der Waals surface area contributed by atoms with Crippen LogP contribution in [0.1, 0.15) is 33.3 Å². The molecule has 0 saturated heterocycles. The average Bonchev–Trinajstić information content (AvgIpc) is 2.26. The molecule has 1 aromatic rings. The number of aliphatic hydroxyl groups is 1. The smallest absolute Gasteiger partial charge is 0.412 e. The monoisotopic (exact) mass is 296 g/mol. The van der Waals surface area contributed by atoms with Crippen LogP contribution < -0.4 is 5.32 Å². The van der Waals surface area contributed by atoms with Crippen molar-refractivity contribution in [3.8, 4) is 11.8 Å². The number of anilines is 1. The van der Waals surface area contributed by atoms with Crippen molar-refractivity contribution >= 4 is 23.4 Å². The van der Waals surface area contributed by atoms with Crippen LogP contribution in [0.5, 0.6) is 0 Å². The van der Waals surface area contributed by atoms with Crippen molar-refractivity contribution in [2.75, 3.05) is 5.32 Å². The quantitative estimate of drug-likeness (QED) is 0.617. The fourth-order valence-electron chi connectivity index (χ4n) is 1.23. The maximum Gasteiger partial charge on any atom is 0.412 e. The van der Waals surface area contributed by atoms with Crippen molar-refractivity contribution in [3.05, 3.63) is 23.0 Å². The molecule has 0 aliphatic rings. The van der Waals surface area contributed by atoms with Crippen LogP contribution in [0.2, 0.25) is 5.15 Å². The fourth-order valence-corrected chi connectivity index (χ4v) is 1.39. The number of halogens is 1. The Kier molecular flexibility index (Phi) is 5.37. The number of aromatic nitrogens is 1. The number of hydrogen-bond donors (Lipinski definition) is 2. The molecule has 0 aliphatic heterocycles. The molecule has 0 spiro atoms. The summed E-state index contributed by atoms with van der Waals surface area (Å²) in [4.78, 5) is 15.6. The van der Waals surface area contributed by atoms with E-state index < -0.39 is 17.8 Å². The molecule has 1 amide bonds. The van der Waals surface area contributed by atoms with E-state index in [2.05, 4.69) is 22.1 Å². The molecule has 1 atom stereocenters. The van der Waals surface area contributed by atoms with E-state index in [-0.39, 0.29) is 5.15 Å². The first-order chi connectivity index (χ1) is 9.17. The van der Waals surface area contributed by atoms with Crippen molar-refractivity contribution in [2.24, 2.45) is 0 Å². The highest BCUT2D eigenvalue weighted by Gasteiger charge is 2.17. The Morgan fingerprint density at radius 2 is 2.20 bits per heavy atom. The molecule has 6 heteroatoms. The molecule has 0 saturated carbocycles. The number of amides is 1. The van der Waals surface area contributed by atoms with Gasteiger partial charge in [-0.05, 0) is 33.8 Å². The Labute approximate surface area is 123 Å². The zero-order valence-electron chi connectivity index (χ0n) is 11.8. The molecule has 0 fully saturated rings. The third-order valence-electron chi connectivity index (χ3n) is 1.92. The van der Waals surface area contributed by atoms with Gasteiger partial charge in [0, 0.05) is 0 Å². The van der Waals surface area contributed by atoms with Crippen molar-refractivity contribution < 1.29 is 14.6 Å². The first-order valence-corrected chi connectivity index (χ1v) is 6.40. The Morgan fingerprint density at radius 3 is 2.75 bits per heavy atom. The lowest BCUT2D eigenvalue weighted by molar-refractivity contribution is 0.0636. The SMILES string of the molecule is CC(O)C#Cc1cc(Cl)ncc1NC(=O)OC(C)(C)C. The van der Waals surface area contributed by atoms with Gasteiger partial charge in [-0.2, -0.15) is 0 Å². The lowest BCUT2D eigenvalue weighted by Crippen LogP contribution is -2.27. The van der Waals surface area contributed by atoms with Crippen LogP contribution in [0.4, 0.5) is 10.5 Å². The van der Waals surface area contributed by atoms with Gasteiger partial charge in [-0.3, -0.25) is 5.32 Å². The minimum atomic E-state index is -0.781. The van der Waals surface area contributed by atoms with Crippen molar-refractivity contribution in [2.45, 2.75) is 39.4 Å². The molecule has 20 heavy (non-hydrogen) atoms. The van der Waals surface area contributed by atoms with Gasteiger partial charge in [0.2, 0.25) is 0 Å². The molecule has 1 rings (SSSR count). The number of hydrogen-bond acceptors (Lipinski definition) is 4. The highest BCUT2D eigenvalue weighted by atomic mass is 35.5. The number of nitrogens with one attached hydrogen (secondary N) is 1. The molecule has 5 nitrogen and oxygen atoms in total. The summed E-state index contributed by atoms with van der Waals surface area (Å²) < 4.78 is 5.14. The fraction of sp³-hybridized carbons (Fsp3) is 0.429. The summed E-state index contributed by atoms with van der Waals surface area (Å²) in [7, 11) is 0. The normalized spacial score (nSPS) is 12.1. The van der Waals surface area contributed by atoms with E-state index >= 15 is 0 Å². The Morgan fingerprint density at radius 1 is 1.55 bits per heavy atom. The summed E-state index contributed by atoms with van der Waals surface area (Å²) in [6.45, 7) is 6.83. The number of ether oxygens (including phenoxy) is 1. The van der Waals surface area contributed by atoms with E-state index in [4.69, 9.17) is 16.3 Å². The maximum absolute atomic E-state index is 11.7. The highest BCUT2D eigenvalue weighted by molar-refractivity contribution is 6.29. The minimum absolute atomic E-state index is 0.245. The van der Waals surface area contributed by atoms with Crippen LogP contribution in [-0.2, 0) is 4.74 Å². The second kappa shape index (κ2) is 6.60. The molecular weight excluding hydrogens is 280 g/mol. The lowest BCUT2D eigenvalue weighted by atomic mass is 10.2. The Balaban J connectivity index is 2.96. The summed E-state index contributed by atoms with van der Waals surface area (Å²) in [6.07, 6.45) is -0.00350. The van der Waals surface area contributed by atoms with Gasteiger partial charge < -0.3 is 9.84 Å². The molecule has 108 valence electrons. The van der Waals surface area contributed by atoms with E-state index in [1.165, 1.54) is 19.2 Å². The van der Waals surface area contributed by atoms with Crippen LogP contribution in [0.15, 0.2) is 12.3 Å². The number of rotatable bonds is 1. The van der Waals surface area contributed by atoms with Gasteiger partial charge in [-0.25, -0.2) is 9.78 Å². The van der Waals surface area contributed by atoms with Gasteiger partial charge in [-0.1, -0.05) is 23.4 Å². The van der Waals surface area contributed by atoms with Gasteiger partial charge in [0.1, 0.15) is 16.9 Å². The molecule has 1 unspecified atom stereocenters. The van der Waals surface area contributed by atoms with Gasteiger partial charge in [0.15, 0.2) is 0 Å². The zero-order valence-corrected chi connectivity index (χ0v) is 12.6.